The Morgan fingerprint density at radius 1 is 0.829 bits per heavy atom. The van der Waals surface area contributed by atoms with E-state index in [1.807, 2.05) is 42.5 Å². The van der Waals surface area contributed by atoms with Crippen molar-refractivity contribution in [3.63, 3.8) is 0 Å². The zero-order valence-corrected chi connectivity index (χ0v) is 18.4. The Balaban J connectivity index is 1.36. The number of rotatable bonds is 5. The molecule has 1 aliphatic rings. The quantitative estimate of drug-likeness (QED) is 0.301. The van der Waals surface area contributed by atoms with Crippen LogP contribution in [0.5, 0.6) is 5.75 Å². The fraction of sp³-hybridized carbons (Fsp3) is 0.0714. The minimum Gasteiger partial charge on any atom is -0.489 e. The van der Waals surface area contributed by atoms with E-state index in [1.54, 1.807) is 42.5 Å². The molecule has 0 bridgehead atoms. The maximum absolute atomic E-state index is 13.6. The van der Waals surface area contributed by atoms with E-state index in [4.69, 9.17) is 4.74 Å². The molecule has 0 fully saturated rings. The van der Waals surface area contributed by atoms with Crippen molar-refractivity contribution in [3.05, 3.63) is 114 Å². The first kappa shape index (κ1) is 22.4. The van der Waals surface area contributed by atoms with Crippen molar-refractivity contribution >= 4 is 34.2 Å². The minimum atomic E-state index is -4.77. The Kier molecular flexibility index (Phi) is 5.82. The molecule has 0 aromatic heterocycles. The van der Waals surface area contributed by atoms with Crippen molar-refractivity contribution in [3.8, 4) is 5.75 Å². The predicted molar refractivity (Wildman–Crippen MR) is 130 cm³/mol. The Labute approximate surface area is 199 Å². The number of amides is 1. The van der Waals surface area contributed by atoms with Crippen LogP contribution >= 0.6 is 0 Å². The third-order valence-electron chi connectivity index (χ3n) is 5.61. The molecule has 0 saturated carbocycles. The molecule has 4 nitrogen and oxygen atoms in total. The summed E-state index contributed by atoms with van der Waals surface area (Å²) < 4.78 is 46.8. The maximum atomic E-state index is 13.6. The highest BCUT2D eigenvalue weighted by molar-refractivity contribution is 6.34. The van der Waals surface area contributed by atoms with Crippen LogP contribution in [0.4, 0.5) is 18.9 Å². The number of ether oxygens (including phenoxy) is 1. The Morgan fingerprint density at radius 2 is 1.51 bits per heavy atom. The van der Waals surface area contributed by atoms with Gasteiger partial charge in [0, 0.05) is 0 Å². The number of para-hydroxylation sites is 1. The van der Waals surface area contributed by atoms with Gasteiger partial charge >= 0.3 is 6.18 Å². The first-order chi connectivity index (χ1) is 16.9. The fourth-order valence-electron chi connectivity index (χ4n) is 3.90. The van der Waals surface area contributed by atoms with E-state index in [0.29, 0.717) is 17.9 Å². The lowest BCUT2D eigenvalue weighted by molar-refractivity contribution is -0.114. The highest BCUT2D eigenvalue weighted by Gasteiger charge is 2.46. The Bertz CT molecular complexity index is 1440. The van der Waals surface area contributed by atoms with Gasteiger partial charge in [-0.3, -0.25) is 4.79 Å². The van der Waals surface area contributed by atoms with Crippen LogP contribution in [-0.4, -0.2) is 17.8 Å². The van der Waals surface area contributed by atoms with Gasteiger partial charge in [0.1, 0.15) is 12.4 Å². The highest BCUT2D eigenvalue weighted by Crippen LogP contribution is 2.32. The van der Waals surface area contributed by atoms with Gasteiger partial charge < -0.3 is 4.74 Å². The van der Waals surface area contributed by atoms with Gasteiger partial charge in [0.15, 0.2) is 5.71 Å². The molecule has 1 heterocycles. The summed E-state index contributed by atoms with van der Waals surface area (Å²) in [5.41, 5.74) is -0.0103. The van der Waals surface area contributed by atoms with Crippen LogP contribution < -0.4 is 9.75 Å². The second-order valence-electron chi connectivity index (χ2n) is 7.95. The summed E-state index contributed by atoms with van der Waals surface area (Å²) >= 11 is 0. The lowest BCUT2D eigenvalue weighted by Gasteiger charge is -2.11. The standard InChI is InChI=1S/C28H19F3N2O2/c29-28(30,31)26-25(27(34)33(32-26)22-10-2-1-3-11-22)17-19-13-15-23(16-14-19)35-18-21-9-6-8-20-7-4-5-12-24(20)21/h1-17H,18H2/b25-17-. The normalized spacial score (nSPS) is 15.1. The number of carbonyl (C=O) groups excluding carboxylic acids is 1. The van der Waals surface area contributed by atoms with Crippen molar-refractivity contribution in [2.75, 3.05) is 5.01 Å². The molecule has 0 aliphatic carbocycles. The molecule has 4 aromatic rings. The Hall–Kier alpha value is -4.39. The molecular weight excluding hydrogens is 453 g/mol. The topological polar surface area (TPSA) is 41.9 Å². The van der Waals surface area contributed by atoms with Gasteiger partial charge in [-0.1, -0.05) is 72.8 Å². The molecule has 35 heavy (non-hydrogen) atoms. The van der Waals surface area contributed by atoms with Gasteiger partial charge in [-0.05, 0) is 52.2 Å². The molecule has 7 heteroatoms. The number of nitrogens with zero attached hydrogens (tertiary/aromatic N) is 2. The highest BCUT2D eigenvalue weighted by atomic mass is 19.4. The lowest BCUT2D eigenvalue weighted by Crippen LogP contribution is -2.25. The number of fused-ring (bicyclic) bond motifs is 1. The number of hydrazone groups is 1. The molecule has 0 spiro atoms. The zero-order chi connectivity index (χ0) is 24.4. The van der Waals surface area contributed by atoms with Gasteiger partial charge in [-0.25, -0.2) is 0 Å². The third kappa shape index (κ3) is 4.66. The first-order valence-electron chi connectivity index (χ1n) is 10.9. The second kappa shape index (κ2) is 9.10. The molecule has 0 unspecified atom stereocenters. The molecule has 0 saturated heterocycles. The van der Waals surface area contributed by atoms with E-state index in [1.165, 1.54) is 18.2 Å². The van der Waals surface area contributed by atoms with Crippen LogP contribution in [-0.2, 0) is 11.4 Å². The van der Waals surface area contributed by atoms with E-state index in [2.05, 4.69) is 5.10 Å². The van der Waals surface area contributed by atoms with Gasteiger partial charge in [0.2, 0.25) is 0 Å². The van der Waals surface area contributed by atoms with Crippen LogP contribution in [0.3, 0.4) is 0 Å². The van der Waals surface area contributed by atoms with E-state index >= 15 is 0 Å². The SMILES string of the molecule is O=C1/C(=C\c2ccc(OCc3cccc4ccccc34)cc2)C(C(F)(F)F)=NN1c1ccccc1. The summed E-state index contributed by atoms with van der Waals surface area (Å²) in [4.78, 5) is 12.8. The van der Waals surface area contributed by atoms with E-state index in [0.717, 1.165) is 21.3 Å². The molecular formula is C28H19F3N2O2. The number of hydrogen-bond donors (Lipinski definition) is 0. The predicted octanol–water partition coefficient (Wildman–Crippen LogP) is 6.77. The zero-order valence-electron chi connectivity index (χ0n) is 18.4. The molecule has 0 N–H and O–H groups in total. The van der Waals surface area contributed by atoms with Crippen LogP contribution in [0.1, 0.15) is 11.1 Å². The summed E-state index contributed by atoms with van der Waals surface area (Å²) in [5, 5.41) is 6.56. The van der Waals surface area contributed by atoms with Crippen LogP contribution in [0, 0.1) is 0 Å². The van der Waals surface area contributed by atoms with Gasteiger partial charge in [0.25, 0.3) is 5.91 Å². The smallest absolute Gasteiger partial charge is 0.435 e. The van der Waals surface area contributed by atoms with Crippen LogP contribution in [0.15, 0.2) is 108 Å². The molecule has 1 amide bonds. The third-order valence-corrected chi connectivity index (χ3v) is 5.61. The molecule has 4 aromatic carbocycles. The summed E-state index contributed by atoms with van der Waals surface area (Å²) in [6.45, 7) is 0.344. The van der Waals surface area contributed by atoms with Gasteiger partial charge in [-0.2, -0.15) is 23.3 Å². The van der Waals surface area contributed by atoms with Crippen molar-refractivity contribution in [2.24, 2.45) is 5.10 Å². The van der Waals surface area contributed by atoms with Crippen molar-refractivity contribution in [1.82, 2.24) is 0 Å². The molecule has 5 rings (SSSR count). The number of alkyl halides is 3. The summed E-state index contributed by atoms with van der Waals surface area (Å²) in [6.07, 6.45) is -3.57. The second-order valence-corrected chi connectivity index (χ2v) is 7.95. The average molecular weight is 472 g/mol. The first-order valence-corrected chi connectivity index (χ1v) is 10.9. The number of anilines is 1. The van der Waals surface area contributed by atoms with Crippen LogP contribution in [0.25, 0.3) is 16.8 Å². The molecule has 0 atom stereocenters. The van der Waals surface area contributed by atoms with Gasteiger partial charge in [-0.15, -0.1) is 0 Å². The minimum absolute atomic E-state index is 0.264. The van der Waals surface area contributed by atoms with Crippen molar-refractivity contribution < 1.29 is 22.7 Å². The van der Waals surface area contributed by atoms with Crippen molar-refractivity contribution in [2.45, 2.75) is 12.8 Å². The molecule has 0 radical (unpaired) electrons. The Morgan fingerprint density at radius 3 is 2.26 bits per heavy atom. The number of carbonyl (C=O) groups is 1. The van der Waals surface area contributed by atoms with Crippen LogP contribution in [0.2, 0.25) is 0 Å². The van der Waals surface area contributed by atoms with Crippen molar-refractivity contribution in [1.29, 1.82) is 0 Å². The van der Waals surface area contributed by atoms with Gasteiger partial charge in [0.05, 0.1) is 11.3 Å². The average Bonchev–Trinajstić information content (AvgIpc) is 3.20. The van der Waals surface area contributed by atoms with E-state index < -0.39 is 23.4 Å². The van der Waals surface area contributed by atoms with E-state index in [-0.39, 0.29) is 5.69 Å². The van der Waals surface area contributed by atoms with E-state index in [9.17, 15) is 18.0 Å². The summed E-state index contributed by atoms with van der Waals surface area (Å²) in [5.74, 6) is -0.270. The maximum Gasteiger partial charge on any atom is 0.435 e. The largest absolute Gasteiger partial charge is 0.489 e. The monoisotopic (exact) mass is 472 g/mol. The summed E-state index contributed by atoms with van der Waals surface area (Å²) in [7, 11) is 0. The lowest BCUT2D eigenvalue weighted by atomic mass is 10.1. The summed E-state index contributed by atoms with van der Waals surface area (Å²) in [6, 6.07) is 28.6. The fourth-order valence-corrected chi connectivity index (χ4v) is 3.90. The number of halogens is 3. The number of hydrogen-bond acceptors (Lipinski definition) is 3. The molecule has 174 valence electrons. The number of benzene rings is 4. The molecule has 1 aliphatic heterocycles.